The molecule has 0 bridgehead atoms. The van der Waals surface area contributed by atoms with Crippen molar-refractivity contribution >= 4 is 46.4 Å². The Labute approximate surface area is 157 Å². The Morgan fingerprint density at radius 1 is 0.960 bits per heavy atom. The number of amides is 1. The van der Waals surface area contributed by atoms with Crippen molar-refractivity contribution in [3.8, 4) is 5.69 Å². The monoisotopic (exact) mass is 393 g/mol. The Bertz CT molecular complexity index is 1000. The van der Waals surface area contributed by atoms with Gasteiger partial charge in [-0.3, -0.25) is 9.59 Å². The first-order valence-corrected chi connectivity index (χ1v) is 8.20. The third-order valence-electron chi connectivity index (χ3n) is 3.29. The van der Waals surface area contributed by atoms with Gasteiger partial charge in [0.1, 0.15) is 0 Å². The molecule has 126 valence electrons. The molecule has 0 aliphatic heterocycles. The number of nitrogens with one attached hydrogen (secondary N) is 1. The van der Waals surface area contributed by atoms with Crippen molar-refractivity contribution in [1.82, 2.24) is 9.78 Å². The third kappa shape index (κ3) is 4.02. The predicted octanol–water partition coefficient (Wildman–Crippen LogP) is 4.45. The van der Waals surface area contributed by atoms with Crippen molar-refractivity contribution in [2.24, 2.45) is 0 Å². The van der Waals surface area contributed by atoms with Gasteiger partial charge in [-0.05, 0) is 42.5 Å². The zero-order valence-corrected chi connectivity index (χ0v) is 14.8. The maximum atomic E-state index is 12.4. The van der Waals surface area contributed by atoms with Gasteiger partial charge in [-0.1, -0.05) is 34.8 Å². The Hall–Kier alpha value is -2.34. The summed E-state index contributed by atoms with van der Waals surface area (Å²) in [6.45, 7) is 0. The molecule has 5 nitrogen and oxygen atoms in total. The van der Waals surface area contributed by atoms with Crippen LogP contribution in [0.1, 0.15) is 10.5 Å². The molecule has 8 heteroatoms. The van der Waals surface area contributed by atoms with Crippen molar-refractivity contribution in [2.75, 3.05) is 5.32 Å². The minimum absolute atomic E-state index is 0.247. The summed E-state index contributed by atoms with van der Waals surface area (Å²) in [7, 11) is 0. The van der Waals surface area contributed by atoms with Crippen LogP contribution in [-0.2, 0) is 0 Å². The fraction of sp³-hybridized carbons (Fsp3) is 0. The molecule has 25 heavy (non-hydrogen) atoms. The highest BCUT2D eigenvalue weighted by Gasteiger charge is 2.14. The molecule has 0 fully saturated rings. The highest BCUT2D eigenvalue weighted by molar-refractivity contribution is 6.42. The van der Waals surface area contributed by atoms with Crippen molar-refractivity contribution < 1.29 is 4.79 Å². The van der Waals surface area contributed by atoms with Crippen LogP contribution in [0, 0.1) is 0 Å². The number of aromatic nitrogens is 2. The summed E-state index contributed by atoms with van der Waals surface area (Å²) >= 11 is 17.6. The molecule has 0 saturated carbocycles. The van der Waals surface area contributed by atoms with E-state index in [4.69, 9.17) is 34.8 Å². The van der Waals surface area contributed by atoms with E-state index < -0.39 is 11.3 Å². The van der Waals surface area contributed by atoms with Gasteiger partial charge in [0.2, 0.25) is 5.43 Å². The van der Waals surface area contributed by atoms with Crippen molar-refractivity contribution in [3.05, 3.63) is 85.7 Å². The molecule has 0 unspecified atom stereocenters. The normalized spacial score (nSPS) is 10.5. The van der Waals surface area contributed by atoms with Crippen LogP contribution in [0.15, 0.2) is 59.5 Å². The van der Waals surface area contributed by atoms with E-state index in [2.05, 4.69) is 10.4 Å². The molecular formula is C17H10Cl3N3O2. The number of hydrogen-bond donors (Lipinski definition) is 1. The molecule has 1 heterocycles. The first kappa shape index (κ1) is 17.5. The number of halogens is 3. The molecule has 0 atom stereocenters. The summed E-state index contributed by atoms with van der Waals surface area (Å²) in [6, 6.07) is 12.7. The Morgan fingerprint density at radius 3 is 2.36 bits per heavy atom. The topological polar surface area (TPSA) is 64.0 Å². The van der Waals surface area contributed by atoms with Gasteiger partial charge in [-0.15, -0.1) is 0 Å². The van der Waals surface area contributed by atoms with Crippen LogP contribution in [0.3, 0.4) is 0 Å². The van der Waals surface area contributed by atoms with Crippen LogP contribution < -0.4 is 10.7 Å². The van der Waals surface area contributed by atoms with E-state index in [-0.39, 0.29) is 5.69 Å². The van der Waals surface area contributed by atoms with E-state index in [1.807, 2.05) is 0 Å². The van der Waals surface area contributed by atoms with Gasteiger partial charge in [0.15, 0.2) is 5.69 Å². The first-order chi connectivity index (χ1) is 11.9. The summed E-state index contributed by atoms with van der Waals surface area (Å²) in [4.78, 5) is 24.4. The average Bonchev–Trinajstić information content (AvgIpc) is 2.59. The summed E-state index contributed by atoms with van der Waals surface area (Å²) in [6.07, 6.45) is 1.47. The van der Waals surface area contributed by atoms with Gasteiger partial charge in [-0.25, -0.2) is 4.68 Å². The van der Waals surface area contributed by atoms with Gasteiger partial charge in [-0.2, -0.15) is 5.10 Å². The van der Waals surface area contributed by atoms with Crippen molar-refractivity contribution in [3.63, 3.8) is 0 Å². The zero-order valence-electron chi connectivity index (χ0n) is 12.5. The van der Waals surface area contributed by atoms with Crippen LogP contribution >= 0.6 is 34.8 Å². The van der Waals surface area contributed by atoms with Crippen molar-refractivity contribution in [1.29, 1.82) is 0 Å². The molecule has 1 amide bonds. The molecule has 3 rings (SSSR count). The molecule has 0 spiro atoms. The highest BCUT2D eigenvalue weighted by Crippen LogP contribution is 2.25. The minimum atomic E-state index is -0.647. The van der Waals surface area contributed by atoms with E-state index in [1.54, 1.807) is 36.4 Å². The lowest BCUT2D eigenvalue weighted by Gasteiger charge is -2.08. The van der Waals surface area contributed by atoms with E-state index in [0.717, 1.165) is 0 Å². The van der Waals surface area contributed by atoms with Gasteiger partial charge in [0, 0.05) is 23.0 Å². The van der Waals surface area contributed by atoms with E-state index >= 15 is 0 Å². The maximum Gasteiger partial charge on any atom is 0.280 e. The van der Waals surface area contributed by atoms with Crippen LogP contribution in [0.25, 0.3) is 5.69 Å². The van der Waals surface area contributed by atoms with Crippen LogP contribution in [0.2, 0.25) is 15.1 Å². The Balaban J connectivity index is 1.91. The standard InChI is InChI=1S/C17H10Cl3N3O2/c18-10-1-4-12(5-2-10)23-8-7-15(24)16(22-23)17(25)21-11-3-6-13(19)14(20)9-11/h1-9H,(H,21,25). The number of hydrogen-bond acceptors (Lipinski definition) is 3. The summed E-state index contributed by atoms with van der Waals surface area (Å²) in [5.41, 5.74) is 0.321. The molecule has 0 saturated heterocycles. The van der Waals surface area contributed by atoms with Crippen LogP contribution in [0.4, 0.5) is 5.69 Å². The minimum Gasteiger partial charge on any atom is -0.320 e. The predicted molar refractivity (Wildman–Crippen MR) is 99.3 cm³/mol. The second kappa shape index (κ2) is 7.27. The second-order valence-electron chi connectivity index (χ2n) is 5.03. The summed E-state index contributed by atoms with van der Waals surface area (Å²) in [5.74, 6) is -0.647. The number of carbonyl (C=O) groups excluding carboxylic acids is 1. The summed E-state index contributed by atoms with van der Waals surface area (Å²) < 4.78 is 1.42. The van der Waals surface area contributed by atoms with Crippen molar-refractivity contribution in [2.45, 2.75) is 0 Å². The largest absolute Gasteiger partial charge is 0.320 e. The average molecular weight is 395 g/mol. The Kier molecular flexibility index (Phi) is 5.08. The Morgan fingerprint density at radius 2 is 1.68 bits per heavy atom. The van der Waals surface area contributed by atoms with Crippen LogP contribution in [-0.4, -0.2) is 15.7 Å². The number of nitrogens with zero attached hydrogens (tertiary/aromatic N) is 2. The lowest BCUT2D eigenvalue weighted by molar-refractivity contribution is 0.101. The molecule has 1 N–H and O–H groups in total. The molecular weight excluding hydrogens is 385 g/mol. The molecule has 3 aromatic rings. The lowest BCUT2D eigenvalue weighted by Crippen LogP contribution is -2.25. The van der Waals surface area contributed by atoms with E-state index in [1.165, 1.54) is 23.0 Å². The van der Waals surface area contributed by atoms with Gasteiger partial charge >= 0.3 is 0 Å². The van der Waals surface area contributed by atoms with Gasteiger partial charge in [0.25, 0.3) is 5.91 Å². The molecule has 1 aromatic heterocycles. The number of carbonyl (C=O) groups is 1. The highest BCUT2D eigenvalue weighted by atomic mass is 35.5. The first-order valence-electron chi connectivity index (χ1n) is 7.06. The maximum absolute atomic E-state index is 12.4. The quantitative estimate of drug-likeness (QED) is 0.714. The second-order valence-corrected chi connectivity index (χ2v) is 6.28. The zero-order chi connectivity index (χ0) is 18.0. The number of anilines is 1. The number of benzene rings is 2. The molecule has 2 aromatic carbocycles. The van der Waals surface area contributed by atoms with E-state index in [0.29, 0.717) is 26.4 Å². The van der Waals surface area contributed by atoms with Gasteiger partial charge in [0.05, 0.1) is 15.7 Å². The summed E-state index contributed by atoms with van der Waals surface area (Å²) in [5, 5.41) is 7.90. The van der Waals surface area contributed by atoms with E-state index in [9.17, 15) is 9.59 Å². The van der Waals surface area contributed by atoms with Gasteiger partial charge < -0.3 is 5.32 Å². The fourth-order valence-electron chi connectivity index (χ4n) is 2.07. The third-order valence-corrected chi connectivity index (χ3v) is 4.28. The molecule has 0 aliphatic carbocycles. The molecule has 0 aliphatic rings. The van der Waals surface area contributed by atoms with Crippen LogP contribution in [0.5, 0.6) is 0 Å². The smallest absolute Gasteiger partial charge is 0.280 e. The lowest BCUT2D eigenvalue weighted by atomic mass is 10.3. The fourth-order valence-corrected chi connectivity index (χ4v) is 2.49. The number of rotatable bonds is 3. The SMILES string of the molecule is O=C(Nc1ccc(Cl)c(Cl)c1)c1nn(-c2ccc(Cl)cc2)ccc1=O. The molecule has 0 radical (unpaired) electrons.